The number of rotatable bonds is 3. The zero-order chi connectivity index (χ0) is 13.3. The molecule has 0 spiro atoms. The maximum absolute atomic E-state index is 11.2. The predicted molar refractivity (Wildman–Crippen MR) is 73.1 cm³/mol. The fraction of sp³-hybridized carbons (Fsp3) is 0.533. The number of carbonyl (C=O) groups is 1. The Morgan fingerprint density at radius 2 is 1.94 bits per heavy atom. The standard InChI is InChI=1S/C15H21NO2/c1-11-5-4-10-16(11)13-8-6-12(7-9-13)15(2,3)14(17)18/h6-9,11H,4-5,10H2,1-3H3,(H,17,18). The van der Waals surface area contributed by atoms with Gasteiger partial charge < -0.3 is 10.0 Å². The van der Waals surface area contributed by atoms with Gasteiger partial charge >= 0.3 is 5.97 Å². The summed E-state index contributed by atoms with van der Waals surface area (Å²) in [4.78, 5) is 13.6. The molecule has 0 bridgehead atoms. The molecule has 0 aromatic heterocycles. The van der Waals surface area contributed by atoms with Crippen LogP contribution in [-0.2, 0) is 10.2 Å². The topological polar surface area (TPSA) is 40.5 Å². The molecule has 0 aliphatic carbocycles. The van der Waals surface area contributed by atoms with Gasteiger partial charge in [0.05, 0.1) is 5.41 Å². The third-order valence-corrected chi connectivity index (χ3v) is 4.01. The van der Waals surface area contributed by atoms with Crippen LogP contribution in [0.4, 0.5) is 5.69 Å². The molecule has 1 N–H and O–H groups in total. The highest BCUT2D eigenvalue weighted by atomic mass is 16.4. The van der Waals surface area contributed by atoms with E-state index in [1.54, 1.807) is 13.8 Å². The van der Waals surface area contributed by atoms with Crippen molar-refractivity contribution in [3.63, 3.8) is 0 Å². The zero-order valence-electron chi connectivity index (χ0n) is 11.3. The quantitative estimate of drug-likeness (QED) is 0.892. The monoisotopic (exact) mass is 247 g/mol. The minimum absolute atomic E-state index is 0.586. The van der Waals surface area contributed by atoms with Crippen molar-refractivity contribution >= 4 is 11.7 Å². The van der Waals surface area contributed by atoms with Crippen LogP contribution in [-0.4, -0.2) is 23.7 Å². The summed E-state index contributed by atoms with van der Waals surface area (Å²) < 4.78 is 0. The number of hydrogen-bond acceptors (Lipinski definition) is 2. The molecule has 2 rings (SSSR count). The number of benzene rings is 1. The van der Waals surface area contributed by atoms with E-state index >= 15 is 0 Å². The van der Waals surface area contributed by atoms with E-state index in [0.717, 1.165) is 12.1 Å². The fourth-order valence-electron chi connectivity index (χ4n) is 2.51. The van der Waals surface area contributed by atoms with Crippen molar-refractivity contribution in [3.8, 4) is 0 Å². The van der Waals surface area contributed by atoms with Crippen LogP contribution in [0.5, 0.6) is 0 Å². The van der Waals surface area contributed by atoms with E-state index in [1.807, 2.05) is 24.3 Å². The van der Waals surface area contributed by atoms with Crippen LogP contribution in [0.15, 0.2) is 24.3 Å². The van der Waals surface area contributed by atoms with Crippen LogP contribution in [0.1, 0.15) is 39.2 Å². The molecule has 0 radical (unpaired) electrons. The van der Waals surface area contributed by atoms with Gasteiger partial charge in [-0.25, -0.2) is 0 Å². The molecule has 3 nitrogen and oxygen atoms in total. The second-order valence-electron chi connectivity index (χ2n) is 5.66. The Hall–Kier alpha value is -1.51. The van der Waals surface area contributed by atoms with E-state index in [9.17, 15) is 9.90 Å². The summed E-state index contributed by atoms with van der Waals surface area (Å²) >= 11 is 0. The molecule has 0 saturated carbocycles. The highest BCUT2D eigenvalue weighted by molar-refractivity contribution is 5.80. The van der Waals surface area contributed by atoms with E-state index in [4.69, 9.17) is 0 Å². The van der Waals surface area contributed by atoms with Crippen LogP contribution in [0.3, 0.4) is 0 Å². The lowest BCUT2D eigenvalue weighted by Crippen LogP contribution is -2.29. The van der Waals surface area contributed by atoms with Gasteiger partial charge in [0, 0.05) is 18.3 Å². The van der Waals surface area contributed by atoms with Crippen LogP contribution < -0.4 is 4.90 Å². The molecule has 18 heavy (non-hydrogen) atoms. The summed E-state index contributed by atoms with van der Waals surface area (Å²) in [5.74, 6) is -0.787. The Labute approximate surface area is 108 Å². The first-order valence-corrected chi connectivity index (χ1v) is 6.53. The highest BCUT2D eigenvalue weighted by Gasteiger charge is 2.29. The number of hydrogen-bond donors (Lipinski definition) is 1. The van der Waals surface area contributed by atoms with Crippen molar-refractivity contribution < 1.29 is 9.90 Å². The largest absolute Gasteiger partial charge is 0.481 e. The van der Waals surface area contributed by atoms with Gasteiger partial charge in [0.25, 0.3) is 0 Å². The molecule has 1 aliphatic heterocycles. The second kappa shape index (κ2) is 4.63. The summed E-state index contributed by atoms with van der Waals surface area (Å²) in [6.45, 7) is 6.82. The number of aliphatic carboxylic acids is 1. The zero-order valence-corrected chi connectivity index (χ0v) is 11.3. The third-order valence-electron chi connectivity index (χ3n) is 4.01. The van der Waals surface area contributed by atoms with Crippen LogP contribution >= 0.6 is 0 Å². The molecule has 98 valence electrons. The van der Waals surface area contributed by atoms with Gasteiger partial charge in [0.2, 0.25) is 0 Å². The Balaban J connectivity index is 2.22. The summed E-state index contributed by atoms with van der Waals surface area (Å²) in [7, 11) is 0. The number of anilines is 1. The molecule has 1 aliphatic rings. The van der Waals surface area contributed by atoms with Gasteiger partial charge in [-0.2, -0.15) is 0 Å². The average molecular weight is 247 g/mol. The van der Waals surface area contributed by atoms with Gasteiger partial charge in [-0.3, -0.25) is 4.79 Å². The Bertz CT molecular complexity index is 436. The van der Waals surface area contributed by atoms with Crippen LogP contribution in [0, 0.1) is 0 Å². The van der Waals surface area contributed by atoms with Gasteiger partial charge in [-0.05, 0) is 51.3 Å². The van der Waals surface area contributed by atoms with Gasteiger partial charge in [-0.1, -0.05) is 12.1 Å². The van der Waals surface area contributed by atoms with E-state index in [0.29, 0.717) is 6.04 Å². The Morgan fingerprint density at radius 1 is 1.33 bits per heavy atom. The van der Waals surface area contributed by atoms with Crippen LogP contribution in [0.2, 0.25) is 0 Å². The molecule has 1 unspecified atom stereocenters. The van der Waals surface area contributed by atoms with E-state index in [2.05, 4.69) is 11.8 Å². The molecule has 1 atom stereocenters. The Kier molecular flexibility index (Phi) is 3.33. The average Bonchev–Trinajstić information content (AvgIpc) is 2.75. The maximum atomic E-state index is 11.2. The van der Waals surface area contributed by atoms with Crippen LogP contribution in [0.25, 0.3) is 0 Å². The lowest BCUT2D eigenvalue weighted by Gasteiger charge is -2.25. The summed E-state index contributed by atoms with van der Waals surface area (Å²) in [6, 6.07) is 8.55. The fourth-order valence-corrected chi connectivity index (χ4v) is 2.51. The third kappa shape index (κ3) is 2.22. The van der Waals surface area contributed by atoms with E-state index < -0.39 is 11.4 Å². The second-order valence-corrected chi connectivity index (χ2v) is 5.66. The van der Waals surface area contributed by atoms with Gasteiger partial charge in [0.1, 0.15) is 0 Å². The number of nitrogens with zero attached hydrogens (tertiary/aromatic N) is 1. The molecule has 1 saturated heterocycles. The molecule has 0 amide bonds. The normalized spacial score (nSPS) is 20.2. The first-order valence-electron chi connectivity index (χ1n) is 6.53. The molecular formula is C15H21NO2. The van der Waals surface area contributed by atoms with E-state index in [-0.39, 0.29) is 0 Å². The predicted octanol–water partition coefficient (Wildman–Crippen LogP) is 3.04. The number of carboxylic acids is 1. The molecular weight excluding hydrogens is 226 g/mol. The molecule has 1 aromatic carbocycles. The van der Waals surface area contributed by atoms with Crippen molar-refractivity contribution in [3.05, 3.63) is 29.8 Å². The van der Waals surface area contributed by atoms with E-state index in [1.165, 1.54) is 18.5 Å². The SMILES string of the molecule is CC1CCCN1c1ccc(C(C)(C)C(=O)O)cc1. The summed E-state index contributed by atoms with van der Waals surface area (Å²) in [5.41, 5.74) is 1.23. The highest BCUT2D eigenvalue weighted by Crippen LogP contribution is 2.29. The molecule has 1 aromatic rings. The number of carboxylic acid groups (broad SMARTS) is 1. The summed E-state index contributed by atoms with van der Waals surface area (Å²) in [6.07, 6.45) is 2.48. The smallest absolute Gasteiger partial charge is 0.313 e. The lowest BCUT2D eigenvalue weighted by molar-refractivity contribution is -0.142. The Morgan fingerprint density at radius 3 is 2.39 bits per heavy atom. The minimum Gasteiger partial charge on any atom is -0.481 e. The van der Waals surface area contributed by atoms with Crippen molar-refractivity contribution in [1.82, 2.24) is 0 Å². The molecule has 1 heterocycles. The van der Waals surface area contributed by atoms with Crippen molar-refractivity contribution in [2.45, 2.75) is 45.1 Å². The van der Waals surface area contributed by atoms with Crippen molar-refractivity contribution in [2.75, 3.05) is 11.4 Å². The molecule has 3 heteroatoms. The van der Waals surface area contributed by atoms with Crippen molar-refractivity contribution in [2.24, 2.45) is 0 Å². The first-order chi connectivity index (χ1) is 8.43. The van der Waals surface area contributed by atoms with Crippen molar-refractivity contribution in [1.29, 1.82) is 0 Å². The van der Waals surface area contributed by atoms with Gasteiger partial charge in [0.15, 0.2) is 0 Å². The molecule has 1 fully saturated rings. The maximum Gasteiger partial charge on any atom is 0.313 e. The van der Waals surface area contributed by atoms with Gasteiger partial charge in [-0.15, -0.1) is 0 Å². The lowest BCUT2D eigenvalue weighted by atomic mass is 9.85. The summed E-state index contributed by atoms with van der Waals surface area (Å²) in [5, 5.41) is 9.21. The minimum atomic E-state index is -0.824. The first kappa shape index (κ1) is 12.9.